The molecule has 20 heavy (non-hydrogen) atoms. The molecule has 4 nitrogen and oxygen atoms in total. The Kier molecular flexibility index (Phi) is 3.96. The van der Waals surface area contributed by atoms with Crippen LogP contribution < -0.4 is 0 Å². The fourth-order valence-corrected chi connectivity index (χ4v) is 2.97. The van der Waals surface area contributed by atoms with Crippen molar-refractivity contribution >= 4 is 17.5 Å². The molecule has 0 radical (unpaired) electrons. The van der Waals surface area contributed by atoms with Crippen LogP contribution in [-0.4, -0.2) is 42.9 Å². The van der Waals surface area contributed by atoms with Crippen molar-refractivity contribution in [3.05, 3.63) is 35.4 Å². The molecule has 2 fully saturated rings. The molecule has 2 heterocycles. The average Bonchev–Trinajstić information content (AvgIpc) is 2.96. The number of likely N-dealkylation sites (tertiary alicyclic amines) is 1. The lowest BCUT2D eigenvalue weighted by atomic mass is 10.0. The van der Waals surface area contributed by atoms with E-state index in [0.717, 1.165) is 18.4 Å². The SMILES string of the molecule is O=C(c1cccc(CCl)c1)N1CCC2(CC1)OCCO2. The van der Waals surface area contributed by atoms with E-state index < -0.39 is 5.79 Å². The largest absolute Gasteiger partial charge is 0.347 e. The highest BCUT2D eigenvalue weighted by atomic mass is 35.5. The molecule has 0 saturated carbocycles. The van der Waals surface area contributed by atoms with E-state index in [0.29, 0.717) is 37.7 Å². The molecule has 0 aromatic heterocycles. The lowest BCUT2D eigenvalue weighted by Crippen LogP contribution is -2.47. The van der Waals surface area contributed by atoms with Gasteiger partial charge >= 0.3 is 0 Å². The number of alkyl halides is 1. The molecular weight excluding hydrogens is 278 g/mol. The monoisotopic (exact) mass is 295 g/mol. The van der Waals surface area contributed by atoms with Crippen molar-refractivity contribution in [2.75, 3.05) is 26.3 Å². The third-order valence-corrected chi connectivity index (χ3v) is 4.26. The predicted molar refractivity (Wildman–Crippen MR) is 75.8 cm³/mol. The molecule has 0 N–H and O–H groups in total. The van der Waals surface area contributed by atoms with Crippen molar-refractivity contribution in [2.24, 2.45) is 0 Å². The third-order valence-electron chi connectivity index (χ3n) is 3.95. The summed E-state index contributed by atoms with van der Waals surface area (Å²) in [6.07, 6.45) is 1.49. The van der Waals surface area contributed by atoms with E-state index in [2.05, 4.69) is 0 Å². The van der Waals surface area contributed by atoms with Crippen LogP contribution in [0, 0.1) is 0 Å². The van der Waals surface area contributed by atoms with Crippen LogP contribution in [0.1, 0.15) is 28.8 Å². The van der Waals surface area contributed by atoms with Crippen molar-refractivity contribution in [1.29, 1.82) is 0 Å². The van der Waals surface area contributed by atoms with Crippen LogP contribution in [0.25, 0.3) is 0 Å². The number of hydrogen-bond donors (Lipinski definition) is 0. The Bertz CT molecular complexity index is 490. The maximum Gasteiger partial charge on any atom is 0.253 e. The first-order valence-electron chi connectivity index (χ1n) is 6.95. The van der Waals surface area contributed by atoms with Gasteiger partial charge < -0.3 is 14.4 Å². The molecule has 1 amide bonds. The van der Waals surface area contributed by atoms with Crippen LogP contribution >= 0.6 is 11.6 Å². The molecule has 2 aliphatic rings. The van der Waals surface area contributed by atoms with Gasteiger partial charge in [0.2, 0.25) is 0 Å². The second-order valence-electron chi connectivity index (χ2n) is 5.23. The van der Waals surface area contributed by atoms with Gasteiger partial charge in [-0.15, -0.1) is 11.6 Å². The minimum atomic E-state index is -0.436. The minimum absolute atomic E-state index is 0.0600. The molecule has 1 spiro atoms. The lowest BCUT2D eigenvalue weighted by Gasteiger charge is -2.37. The van der Waals surface area contributed by atoms with Crippen molar-refractivity contribution in [1.82, 2.24) is 4.90 Å². The maximum atomic E-state index is 12.5. The topological polar surface area (TPSA) is 38.8 Å². The number of rotatable bonds is 2. The molecule has 108 valence electrons. The quantitative estimate of drug-likeness (QED) is 0.787. The minimum Gasteiger partial charge on any atom is -0.347 e. The van der Waals surface area contributed by atoms with Crippen LogP contribution in [0.5, 0.6) is 0 Å². The Morgan fingerprint density at radius 1 is 1.25 bits per heavy atom. The van der Waals surface area contributed by atoms with Gasteiger partial charge in [-0.3, -0.25) is 4.79 Å². The van der Waals surface area contributed by atoms with Crippen LogP contribution in [-0.2, 0) is 15.4 Å². The van der Waals surface area contributed by atoms with Gasteiger partial charge in [-0.05, 0) is 17.7 Å². The van der Waals surface area contributed by atoms with Crippen LogP contribution in [0.3, 0.4) is 0 Å². The number of ether oxygens (including phenoxy) is 2. The van der Waals surface area contributed by atoms with Gasteiger partial charge in [0.25, 0.3) is 5.91 Å². The summed E-state index contributed by atoms with van der Waals surface area (Å²) >= 11 is 5.81. The van der Waals surface area contributed by atoms with Gasteiger partial charge in [0, 0.05) is 37.4 Å². The summed E-state index contributed by atoms with van der Waals surface area (Å²) in [5.41, 5.74) is 1.67. The fourth-order valence-electron chi connectivity index (χ4n) is 2.81. The molecule has 0 atom stereocenters. The Labute approximate surface area is 123 Å². The van der Waals surface area contributed by atoms with Crippen molar-refractivity contribution < 1.29 is 14.3 Å². The van der Waals surface area contributed by atoms with Crippen LogP contribution in [0.4, 0.5) is 0 Å². The lowest BCUT2D eigenvalue weighted by molar-refractivity contribution is -0.181. The standard InChI is InChI=1S/C15H18ClNO3/c16-11-12-2-1-3-13(10-12)14(18)17-6-4-15(5-7-17)19-8-9-20-15/h1-3,10H,4-9,11H2. The first kappa shape index (κ1) is 13.9. The molecule has 0 unspecified atom stereocenters. The average molecular weight is 296 g/mol. The number of halogens is 1. The van der Waals surface area contributed by atoms with Gasteiger partial charge in [-0.1, -0.05) is 12.1 Å². The van der Waals surface area contributed by atoms with E-state index in [4.69, 9.17) is 21.1 Å². The Morgan fingerprint density at radius 2 is 1.95 bits per heavy atom. The highest BCUT2D eigenvalue weighted by molar-refractivity contribution is 6.17. The van der Waals surface area contributed by atoms with E-state index in [1.807, 2.05) is 29.2 Å². The number of amides is 1. The summed E-state index contributed by atoms with van der Waals surface area (Å²) in [5, 5.41) is 0. The Morgan fingerprint density at radius 3 is 2.60 bits per heavy atom. The summed E-state index contributed by atoms with van der Waals surface area (Å²) in [6.45, 7) is 2.66. The number of benzene rings is 1. The Hall–Kier alpha value is -1.10. The first-order chi connectivity index (χ1) is 9.72. The summed E-state index contributed by atoms with van der Waals surface area (Å²) in [5.74, 6) is 0.0468. The van der Waals surface area contributed by atoms with Gasteiger partial charge in [-0.25, -0.2) is 0 Å². The zero-order valence-electron chi connectivity index (χ0n) is 11.3. The number of piperidine rings is 1. The summed E-state index contributed by atoms with van der Waals surface area (Å²) < 4.78 is 11.3. The summed E-state index contributed by atoms with van der Waals surface area (Å²) in [4.78, 5) is 14.3. The molecule has 5 heteroatoms. The van der Waals surface area contributed by atoms with Crippen molar-refractivity contribution in [3.8, 4) is 0 Å². The molecule has 0 bridgehead atoms. The molecule has 1 aromatic rings. The molecule has 2 aliphatic heterocycles. The summed E-state index contributed by atoms with van der Waals surface area (Å²) in [6, 6.07) is 7.50. The van der Waals surface area contributed by atoms with Gasteiger partial charge in [0.05, 0.1) is 13.2 Å². The number of nitrogens with zero attached hydrogens (tertiary/aromatic N) is 1. The zero-order chi connectivity index (χ0) is 14.0. The molecule has 0 aliphatic carbocycles. The number of carbonyl (C=O) groups excluding carboxylic acids is 1. The smallest absolute Gasteiger partial charge is 0.253 e. The molecule has 3 rings (SSSR count). The van der Waals surface area contributed by atoms with E-state index in [9.17, 15) is 4.79 Å². The van der Waals surface area contributed by atoms with Gasteiger partial charge in [-0.2, -0.15) is 0 Å². The predicted octanol–water partition coefficient (Wildman–Crippen LogP) is 2.40. The number of carbonyl (C=O) groups is 1. The van der Waals surface area contributed by atoms with Gasteiger partial charge in [0.1, 0.15) is 0 Å². The number of hydrogen-bond acceptors (Lipinski definition) is 3. The zero-order valence-corrected chi connectivity index (χ0v) is 12.1. The normalized spacial score (nSPS) is 21.4. The molecule has 2 saturated heterocycles. The summed E-state index contributed by atoms with van der Waals surface area (Å²) in [7, 11) is 0. The van der Waals surface area contributed by atoms with Crippen molar-refractivity contribution in [2.45, 2.75) is 24.5 Å². The van der Waals surface area contributed by atoms with Crippen LogP contribution in [0.15, 0.2) is 24.3 Å². The van der Waals surface area contributed by atoms with E-state index in [1.54, 1.807) is 0 Å². The van der Waals surface area contributed by atoms with E-state index in [-0.39, 0.29) is 5.91 Å². The molecule has 1 aromatic carbocycles. The Balaban J connectivity index is 1.66. The van der Waals surface area contributed by atoms with Gasteiger partial charge in [0.15, 0.2) is 5.79 Å². The molecular formula is C15H18ClNO3. The highest BCUT2D eigenvalue weighted by Gasteiger charge is 2.40. The van der Waals surface area contributed by atoms with Crippen molar-refractivity contribution in [3.63, 3.8) is 0 Å². The second-order valence-corrected chi connectivity index (χ2v) is 5.50. The maximum absolute atomic E-state index is 12.5. The third kappa shape index (κ3) is 2.68. The van der Waals surface area contributed by atoms with Crippen LogP contribution in [0.2, 0.25) is 0 Å². The highest BCUT2D eigenvalue weighted by Crippen LogP contribution is 2.31. The fraction of sp³-hybridized carbons (Fsp3) is 0.533. The first-order valence-corrected chi connectivity index (χ1v) is 7.48. The second kappa shape index (κ2) is 5.72. The van der Waals surface area contributed by atoms with E-state index >= 15 is 0 Å². The van der Waals surface area contributed by atoms with E-state index in [1.165, 1.54) is 0 Å².